The lowest BCUT2D eigenvalue weighted by Crippen LogP contribution is -2.48. The largest absolute Gasteiger partial charge is 0.394 e. The molecule has 2 rings (SSSR count). The number of morpholine rings is 1. The van der Waals surface area contributed by atoms with Gasteiger partial charge in [0, 0.05) is 24.8 Å². The highest BCUT2D eigenvalue weighted by Crippen LogP contribution is 2.19. The topological polar surface area (TPSA) is 62.7 Å². The van der Waals surface area contributed by atoms with Crippen molar-refractivity contribution in [1.29, 1.82) is 0 Å². The Morgan fingerprint density at radius 3 is 3.06 bits per heavy atom. The summed E-state index contributed by atoms with van der Waals surface area (Å²) < 4.78 is 5.58. The zero-order valence-corrected chi connectivity index (χ0v) is 10.7. The fraction of sp³-hybridized carbons (Fsp3) is 0.538. The number of aromatic nitrogens is 1. The number of aliphatic hydroxyl groups excluding tert-OH is 1. The summed E-state index contributed by atoms with van der Waals surface area (Å²) in [6, 6.07) is 3.49. The van der Waals surface area contributed by atoms with E-state index in [0.29, 0.717) is 18.7 Å². The molecule has 1 N–H and O–H groups in total. The van der Waals surface area contributed by atoms with Crippen LogP contribution in [0.25, 0.3) is 0 Å². The van der Waals surface area contributed by atoms with E-state index in [-0.39, 0.29) is 24.6 Å². The molecule has 1 aliphatic heterocycles. The van der Waals surface area contributed by atoms with Gasteiger partial charge in [-0.15, -0.1) is 0 Å². The molecular formula is C13H18N2O3. The minimum atomic E-state index is -0.198. The highest BCUT2D eigenvalue weighted by atomic mass is 16.5. The number of aliphatic hydroxyl groups is 1. The van der Waals surface area contributed by atoms with Crippen molar-refractivity contribution in [2.24, 2.45) is 0 Å². The summed E-state index contributed by atoms with van der Waals surface area (Å²) in [4.78, 5) is 17.7. The van der Waals surface area contributed by atoms with Crippen molar-refractivity contribution in [2.75, 3.05) is 24.6 Å². The summed E-state index contributed by atoms with van der Waals surface area (Å²) in [6.45, 7) is 4.80. The Kier molecular flexibility index (Phi) is 3.93. The second kappa shape index (κ2) is 5.46. The summed E-state index contributed by atoms with van der Waals surface area (Å²) in [5.74, 6) is 0.787. The van der Waals surface area contributed by atoms with E-state index in [1.54, 1.807) is 18.3 Å². The number of ether oxygens (including phenoxy) is 1. The third-order valence-electron chi connectivity index (χ3n) is 3.01. The molecule has 0 bridgehead atoms. The van der Waals surface area contributed by atoms with Crippen LogP contribution in [0.1, 0.15) is 24.2 Å². The summed E-state index contributed by atoms with van der Waals surface area (Å²) in [5.41, 5.74) is 0.652. The van der Waals surface area contributed by atoms with Gasteiger partial charge in [-0.2, -0.15) is 0 Å². The second-order valence-electron chi connectivity index (χ2n) is 4.62. The van der Waals surface area contributed by atoms with Crippen LogP contribution in [0, 0.1) is 0 Å². The first-order valence-electron chi connectivity index (χ1n) is 6.08. The van der Waals surface area contributed by atoms with Crippen molar-refractivity contribution in [1.82, 2.24) is 4.98 Å². The number of pyridine rings is 1. The molecule has 1 aromatic heterocycles. The van der Waals surface area contributed by atoms with Crippen LogP contribution in [0.4, 0.5) is 5.82 Å². The van der Waals surface area contributed by atoms with E-state index >= 15 is 0 Å². The Balaban J connectivity index is 2.19. The molecule has 1 aliphatic rings. The highest BCUT2D eigenvalue weighted by Gasteiger charge is 2.25. The minimum Gasteiger partial charge on any atom is -0.394 e. The number of anilines is 1. The van der Waals surface area contributed by atoms with Crippen LogP contribution in [0.15, 0.2) is 18.3 Å². The van der Waals surface area contributed by atoms with Crippen LogP contribution in [-0.4, -0.2) is 47.8 Å². The molecule has 5 heteroatoms. The minimum absolute atomic E-state index is 0.00671. The van der Waals surface area contributed by atoms with Crippen molar-refractivity contribution < 1.29 is 14.6 Å². The maximum absolute atomic E-state index is 11.4. The fourth-order valence-electron chi connectivity index (χ4n) is 2.14. The van der Waals surface area contributed by atoms with Crippen molar-refractivity contribution in [3.63, 3.8) is 0 Å². The summed E-state index contributed by atoms with van der Waals surface area (Å²) in [6.07, 6.45) is 1.48. The number of hydrogen-bond acceptors (Lipinski definition) is 5. The van der Waals surface area contributed by atoms with Crippen LogP contribution in [0.2, 0.25) is 0 Å². The Labute approximate surface area is 106 Å². The van der Waals surface area contributed by atoms with Crippen LogP contribution < -0.4 is 4.90 Å². The summed E-state index contributed by atoms with van der Waals surface area (Å²) in [5, 5.41) is 9.19. The average Bonchev–Trinajstić information content (AvgIpc) is 2.38. The smallest absolute Gasteiger partial charge is 0.159 e. The van der Waals surface area contributed by atoms with Crippen LogP contribution in [0.3, 0.4) is 0 Å². The zero-order valence-electron chi connectivity index (χ0n) is 10.7. The molecule has 1 aromatic rings. The van der Waals surface area contributed by atoms with Gasteiger partial charge in [-0.25, -0.2) is 4.98 Å². The standard InChI is InChI=1S/C13H18N2O3/c1-9-6-15(7-12(8-16)18-9)13-5-11(10(2)17)3-4-14-13/h3-5,9,12,16H,6-8H2,1-2H3. The molecule has 2 heterocycles. The van der Waals surface area contributed by atoms with E-state index in [1.807, 2.05) is 11.8 Å². The van der Waals surface area contributed by atoms with Gasteiger partial charge in [0.2, 0.25) is 0 Å². The van der Waals surface area contributed by atoms with E-state index in [2.05, 4.69) is 4.98 Å². The monoisotopic (exact) mass is 250 g/mol. The predicted molar refractivity (Wildman–Crippen MR) is 67.9 cm³/mol. The Morgan fingerprint density at radius 1 is 1.61 bits per heavy atom. The lowest BCUT2D eigenvalue weighted by molar-refractivity contribution is -0.0423. The van der Waals surface area contributed by atoms with Gasteiger partial charge in [-0.3, -0.25) is 4.79 Å². The number of nitrogens with zero attached hydrogens (tertiary/aromatic N) is 2. The summed E-state index contributed by atoms with van der Waals surface area (Å²) in [7, 11) is 0. The Hall–Kier alpha value is -1.46. The quantitative estimate of drug-likeness (QED) is 0.806. The van der Waals surface area contributed by atoms with Crippen molar-refractivity contribution >= 4 is 11.6 Å². The third-order valence-corrected chi connectivity index (χ3v) is 3.01. The van der Waals surface area contributed by atoms with Crippen LogP contribution in [0.5, 0.6) is 0 Å². The number of rotatable bonds is 3. The van der Waals surface area contributed by atoms with Gasteiger partial charge in [0.25, 0.3) is 0 Å². The van der Waals surface area contributed by atoms with E-state index in [0.717, 1.165) is 5.82 Å². The van der Waals surface area contributed by atoms with Crippen LogP contribution in [-0.2, 0) is 4.74 Å². The molecule has 0 aromatic carbocycles. The molecular weight excluding hydrogens is 232 g/mol. The molecule has 0 saturated carbocycles. The molecule has 0 aliphatic carbocycles. The number of carbonyl (C=O) groups excluding carboxylic acids is 1. The molecule has 0 spiro atoms. The molecule has 18 heavy (non-hydrogen) atoms. The van der Waals surface area contributed by atoms with Gasteiger partial charge in [-0.1, -0.05) is 0 Å². The van der Waals surface area contributed by atoms with E-state index in [4.69, 9.17) is 4.74 Å². The molecule has 5 nitrogen and oxygen atoms in total. The molecule has 1 fully saturated rings. The Bertz CT molecular complexity index is 436. The molecule has 2 unspecified atom stereocenters. The molecule has 0 radical (unpaired) electrons. The van der Waals surface area contributed by atoms with E-state index in [9.17, 15) is 9.90 Å². The second-order valence-corrected chi connectivity index (χ2v) is 4.62. The first-order chi connectivity index (χ1) is 8.60. The first-order valence-corrected chi connectivity index (χ1v) is 6.08. The number of ketones is 1. The van der Waals surface area contributed by atoms with Crippen molar-refractivity contribution in [3.05, 3.63) is 23.9 Å². The molecule has 98 valence electrons. The number of Topliss-reactive ketones (excluding diaryl/α,β-unsaturated/α-hetero) is 1. The molecule has 2 atom stereocenters. The van der Waals surface area contributed by atoms with Crippen molar-refractivity contribution in [3.8, 4) is 0 Å². The van der Waals surface area contributed by atoms with Gasteiger partial charge < -0.3 is 14.7 Å². The van der Waals surface area contributed by atoms with Gasteiger partial charge in [0.15, 0.2) is 5.78 Å². The fourth-order valence-corrected chi connectivity index (χ4v) is 2.14. The third kappa shape index (κ3) is 2.86. The van der Waals surface area contributed by atoms with Gasteiger partial charge in [0.1, 0.15) is 5.82 Å². The molecule has 0 amide bonds. The number of hydrogen-bond donors (Lipinski definition) is 1. The molecule has 1 saturated heterocycles. The van der Waals surface area contributed by atoms with E-state index in [1.165, 1.54) is 6.92 Å². The lowest BCUT2D eigenvalue weighted by atomic mass is 10.1. The van der Waals surface area contributed by atoms with Crippen LogP contribution >= 0.6 is 0 Å². The maximum atomic E-state index is 11.4. The number of carbonyl (C=O) groups is 1. The normalized spacial score (nSPS) is 24.1. The zero-order chi connectivity index (χ0) is 13.1. The Morgan fingerprint density at radius 2 is 2.39 bits per heavy atom. The SMILES string of the molecule is CC(=O)c1ccnc(N2CC(C)OC(CO)C2)c1. The first kappa shape index (κ1) is 13.0. The van der Waals surface area contributed by atoms with Gasteiger partial charge in [-0.05, 0) is 26.0 Å². The predicted octanol–water partition coefficient (Wildman–Crippen LogP) is 0.870. The maximum Gasteiger partial charge on any atom is 0.159 e. The van der Waals surface area contributed by atoms with Gasteiger partial charge >= 0.3 is 0 Å². The average molecular weight is 250 g/mol. The highest BCUT2D eigenvalue weighted by molar-refractivity contribution is 5.94. The van der Waals surface area contributed by atoms with E-state index < -0.39 is 0 Å². The lowest BCUT2D eigenvalue weighted by Gasteiger charge is -2.36. The van der Waals surface area contributed by atoms with Crippen molar-refractivity contribution in [2.45, 2.75) is 26.1 Å². The summed E-state index contributed by atoms with van der Waals surface area (Å²) >= 11 is 0. The van der Waals surface area contributed by atoms with Gasteiger partial charge in [0.05, 0.1) is 18.8 Å².